The summed E-state index contributed by atoms with van der Waals surface area (Å²) in [5.74, 6) is -1.75. The van der Waals surface area contributed by atoms with E-state index in [1.54, 1.807) is 0 Å². The van der Waals surface area contributed by atoms with Gasteiger partial charge in [-0.3, -0.25) is 0 Å². The summed E-state index contributed by atoms with van der Waals surface area (Å²) in [6.45, 7) is 0. The monoisotopic (exact) mass is 225 g/mol. The third-order valence-corrected chi connectivity index (χ3v) is 1.41. The maximum Gasteiger partial charge on any atom is 0.427 e. The molecule has 0 saturated heterocycles. The number of halogens is 4. The Balaban J connectivity index is 3.09. The van der Waals surface area contributed by atoms with Crippen LogP contribution in [0.3, 0.4) is 0 Å². The number of nitrogens with two attached hydrogens (primary N) is 1. The van der Waals surface area contributed by atoms with Gasteiger partial charge in [0.2, 0.25) is 11.9 Å². The van der Waals surface area contributed by atoms with Crippen molar-refractivity contribution >= 4 is 11.9 Å². The van der Waals surface area contributed by atoms with E-state index in [2.05, 4.69) is 20.3 Å². The first kappa shape index (κ1) is 11.4. The third-order valence-electron chi connectivity index (χ3n) is 1.41. The van der Waals surface area contributed by atoms with Crippen LogP contribution in [0.25, 0.3) is 0 Å². The maximum atomic E-state index is 12.8. The normalized spacial score (nSPS) is 13.7. The molecule has 9 heteroatoms. The standard InChI is InChI=1S/C6H7F4N5/c1-12-5-14-3(13-4(11)15-5)2(7)6(8,9)10/h2H,1H3,(H3,11,12,13,14,15). The molecule has 0 aliphatic carbocycles. The predicted octanol–water partition coefficient (Wildman–Crippen LogP) is 1.07. The van der Waals surface area contributed by atoms with Crippen LogP contribution in [0.4, 0.5) is 29.5 Å². The Morgan fingerprint density at radius 3 is 2.33 bits per heavy atom. The van der Waals surface area contributed by atoms with Crippen molar-refractivity contribution in [1.29, 1.82) is 0 Å². The molecule has 1 aromatic rings. The molecule has 15 heavy (non-hydrogen) atoms. The molecule has 0 aromatic carbocycles. The molecule has 84 valence electrons. The SMILES string of the molecule is CNc1nc(N)nc(C(F)C(F)(F)F)n1. The molecule has 1 rings (SSSR count). The second-order valence-electron chi connectivity index (χ2n) is 2.53. The van der Waals surface area contributed by atoms with Gasteiger partial charge >= 0.3 is 6.18 Å². The average molecular weight is 225 g/mol. The minimum absolute atomic E-state index is 0.218. The number of nitrogens with one attached hydrogen (secondary N) is 1. The number of hydrogen-bond donors (Lipinski definition) is 2. The van der Waals surface area contributed by atoms with Gasteiger partial charge in [0, 0.05) is 7.05 Å². The predicted molar refractivity (Wildman–Crippen MR) is 43.7 cm³/mol. The van der Waals surface area contributed by atoms with Crippen LogP contribution in [-0.2, 0) is 0 Å². The van der Waals surface area contributed by atoms with Crippen LogP contribution in [-0.4, -0.2) is 28.2 Å². The molecular weight excluding hydrogens is 218 g/mol. The molecule has 3 N–H and O–H groups in total. The highest BCUT2D eigenvalue weighted by Gasteiger charge is 2.43. The van der Waals surface area contributed by atoms with Crippen molar-refractivity contribution in [3.63, 3.8) is 0 Å². The first-order chi connectivity index (χ1) is 6.84. The first-order valence-electron chi connectivity index (χ1n) is 3.74. The molecule has 0 amide bonds. The summed E-state index contributed by atoms with van der Waals surface area (Å²) in [5.41, 5.74) is 5.08. The quantitative estimate of drug-likeness (QED) is 0.736. The van der Waals surface area contributed by atoms with Gasteiger partial charge in [-0.05, 0) is 0 Å². The highest BCUT2D eigenvalue weighted by atomic mass is 19.4. The number of nitrogen functional groups attached to an aromatic ring is 1. The first-order valence-corrected chi connectivity index (χ1v) is 3.74. The van der Waals surface area contributed by atoms with Crippen molar-refractivity contribution in [3.8, 4) is 0 Å². The molecule has 0 aliphatic rings. The highest BCUT2D eigenvalue weighted by molar-refractivity contribution is 5.30. The smallest absolute Gasteiger partial charge is 0.368 e. The molecule has 1 aromatic heterocycles. The molecule has 0 fully saturated rings. The van der Waals surface area contributed by atoms with Crippen LogP contribution in [0.15, 0.2) is 0 Å². The second-order valence-corrected chi connectivity index (χ2v) is 2.53. The van der Waals surface area contributed by atoms with Gasteiger partial charge in [0.15, 0.2) is 5.82 Å². The molecular formula is C6H7F4N5. The topological polar surface area (TPSA) is 76.7 Å². The number of hydrogen-bond acceptors (Lipinski definition) is 5. The Labute approximate surface area is 81.7 Å². The number of aromatic nitrogens is 3. The summed E-state index contributed by atoms with van der Waals surface area (Å²) in [5, 5.41) is 2.34. The van der Waals surface area contributed by atoms with Crippen molar-refractivity contribution in [2.45, 2.75) is 12.3 Å². The van der Waals surface area contributed by atoms with Gasteiger partial charge in [0.05, 0.1) is 0 Å². The van der Waals surface area contributed by atoms with Crippen molar-refractivity contribution < 1.29 is 17.6 Å². The average Bonchev–Trinajstić information content (AvgIpc) is 2.14. The fourth-order valence-corrected chi connectivity index (χ4v) is 0.781. The number of rotatable bonds is 2. The zero-order valence-corrected chi connectivity index (χ0v) is 7.51. The van der Waals surface area contributed by atoms with E-state index in [-0.39, 0.29) is 5.95 Å². The summed E-state index contributed by atoms with van der Waals surface area (Å²) < 4.78 is 48.7. The lowest BCUT2D eigenvalue weighted by Crippen LogP contribution is -2.20. The molecule has 0 radical (unpaired) electrons. The summed E-state index contributed by atoms with van der Waals surface area (Å²) in [7, 11) is 1.36. The van der Waals surface area contributed by atoms with Crippen LogP contribution in [0.5, 0.6) is 0 Å². The third kappa shape index (κ3) is 2.64. The van der Waals surface area contributed by atoms with Crippen LogP contribution < -0.4 is 11.1 Å². The molecule has 0 spiro atoms. The van der Waals surface area contributed by atoms with Gasteiger partial charge in [-0.1, -0.05) is 0 Å². The van der Waals surface area contributed by atoms with Gasteiger partial charge in [-0.25, -0.2) is 4.39 Å². The zero-order chi connectivity index (χ0) is 11.6. The Hall–Kier alpha value is -1.67. The van der Waals surface area contributed by atoms with E-state index in [1.165, 1.54) is 7.05 Å². The molecule has 1 atom stereocenters. The van der Waals surface area contributed by atoms with Gasteiger partial charge in [-0.15, -0.1) is 0 Å². The molecule has 1 heterocycles. The van der Waals surface area contributed by atoms with Gasteiger partial charge in [-0.2, -0.15) is 28.1 Å². The Bertz CT molecular complexity index is 352. The van der Waals surface area contributed by atoms with E-state index in [4.69, 9.17) is 5.73 Å². The lowest BCUT2D eigenvalue weighted by atomic mass is 10.3. The maximum absolute atomic E-state index is 12.8. The summed E-state index contributed by atoms with van der Waals surface area (Å²) in [4.78, 5) is 9.71. The van der Waals surface area contributed by atoms with Crippen LogP contribution >= 0.6 is 0 Å². The molecule has 0 bridgehead atoms. The van der Waals surface area contributed by atoms with E-state index in [1.807, 2.05) is 0 Å². The lowest BCUT2D eigenvalue weighted by molar-refractivity contribution is -0.184. The van der Waals surface area contributed by atoms with Crippen molar-refractivity contribution in [1.82, 2.24) is 15.0 Å². The zero-order valence-electron chi connectivity index (χ0n) is 7.51. The summed E-state index contributed by atoms with van der Waals surface area (Å²) >= 11 is 0. The Morgan fingerprint density at radius 1 is 1.27 bits per heavy atom. The summed E-state index contributed by atoms with van der Waals surface area (Å²) in [6, 6.07) is 0. The highest BCUT2D eigenvalue weighted by Crippen LogP contribution is 2.34. The van der Waals surface area contributed by atoms with E-state index in [0.717, 1.165) is 0 Å². The van der Waals surface area contributed by atoms with Crippen LogP contribution in [0.1, 0.15) is 12.0 Å². The van der Waals surface area contributed by atoms with Gasteiger partial charge in [0.1, 0.15) is 0 Å². The van der Waals surface area contributed by atoms with E-state index in [9.17, 15) is 17.6 Å². The largest absolute Gasteiger partial charge is 0.427 e. The minimum Gasteiger partial charge on any atom is -0.368 e. The van der Waals surface area contributed by atoms with Crippen LogP contribution in [0, 0.1) is 0 Å². The molecule has 0 aliphatic heterocycles. The lowest BCUT2D eigenvalue weighted by Gasteiger charge is -2.11. The van der Waals surface area contributed by atoms with Gasteiger partial charge < -0.3 is 11.1 Å². The van der Waals surface area contributed by atoms with E-state index >= 15 is 0 Å². The second kappa shape index (κ2) is 3.83. The Kier molecular flexibility index (Phi) is 2.91. The van der Waals surface area contributed by atoms with Crippen molar-refractivity contribution in [2.24, 2.45) is 0 Å². The van der Waals surface area contributed by atoms with Crippen molar-refractivity contribution in [2.75, 3.05) is 18.1 Å². The number of alkyl halides is 4. The van der Waals surface area contributed by atoms with Crippen molar-refractivity contribution in [3.05, 3.63) is 5.82 Å². The molecule has 0 saturated carbocycles. The fourth-order valence-electron chi connectivity index (χ4n) is 0.781. The number of nitrogens with zero attached hydrogens (tertiary/aromatic N) is 3. The van der Waals surface area contributed by atoms with Crippen LogP contribution in [0.2, 0.25) is 0 Å². The molecule has 5 nitrogen and oxygen atoms in total. The summed E-state index contributed by atoms with van der Waals surface area (Å²) in [6.07, 6.45) is -8.33. The minimum atomic E-state index is -5.06. The van der Waals surface area contributed by atoms with E-state index in [0.29, 0.717) is 0 Å². The van der Waals surface area contributed by atoms with Gasteiger partial charge in [0.25, 0.3) is 6.17 Å². The fraction of sp³-hybridized carbons (Fsp3) is 0.500. The van der Waals surface area contributed by atoms with E-state index < -0.39 is 24.1 Å². The number of anilines is 2. The molecule has 1 unspecified atom stereocenters. The Morgan fingerprint density at radius 2 is 1.87 bits per heavy atom.